The number of H-pyrrole nitrogens is 1. The minimum Gasteiger partial charge on any atom is -0.496 e. The fourth-order valence-electron chi connectivity index (χ4n) is 4.12. The van der Waals surface area contributed by atoms with Crippen LogP contribution >= 0.6 is 0 Å². The zero-order valence-electron chi connectivity index (χ0n) is 22.5. The van der Waals surface area contributed by atoms with Gasteiger partial charge in [0, 0.05) is 82.6 Å². The molecule has 0 bridgehead atoms. The van der Waals surface area contributed by atoms with Gasteiger partial charge in [0.15, 0.2) is 5.82 Å². The maximum Gasteiger partial charge on any atom is 0.333 e. The standard InChI is InChI=1S/C26H26FN3O5S.2Na/c1-26(2,3)19-14-20(30-11-10-21(31)28-25(30)32)23(27)22(24(19)35-4)17-7-6-16-13-18(29-36(5,33)34)9-8-15(16)12-17;;/h6-14,29H,1-5H3,(H,28,31,32);;. The van der Waals surface area contributed by atoms with Gasteiger partial charge in [-0.3, -0.25) is 19.1 Å². The number of nitrogens with zero attached hydrogens (tertiary/aromatic N) is 1. The topological polar surface area (TPSA) is 110 Å². The summed E-state index contributed by atoms with van der Waals surface area (Å²) >= 11 is 0. The van der Waals surface area contributed by atoms with Crippen LogP contribution < -0.4 is 20.7 Å². The Morgan fingerprint density at radius 1 is 0.974 bits per heavy atom. The van der Waals surface area contributed by atoms with Crippen LogP contribution in [0.5, 0.6) is 5.75 Å². The number of benzene rings is 3. The number of hydrogen-bond acceptors (Lipinski definition) is 5. The van der Waals surface area contributed by atoms with Crippen molar-refractivity contribution in [3.8, 4) is 22.6 Å². The fourth-order valence-corrected chi connectivity index (χ4v) is 4.67. The van der Waals surface area contributed by atoms with Crippen LogP contribution in [0.2, 0.25) is 0 Å². The van der Waals surface area contributed by atoms with Gasteiger partial charge in [-0.1, -0.05) is 39.0 Å². The van der Waals surface area contributed by atoms with Crippen LogP contribution in [0.4, 0.5) is 10.1 Å². The van der Waals surface area contributed by atoms with Crippen molar-refractivity contribution in [3.63, 3.8) is 0 Å². The zero-order chi connectivity index (χ0) is 26.4. The third-order valence-electron chi connectivity index (χ3n) is 5.72. The minimum atomic E-state index is -3.43. The molecule has 12 heteroatoms. The first-order valence-corrected chi connectivity index (χ1v) is 12.9. The summed E-state index contributed by atoms with van der Waals surface area (Å²) in [6, 6.07) is 13.0. The van der Waals surface area contributed by atoms with Gasteiger partial charge in [-0.05, 0) is 46.0 Å². The van der Waals surface area contributed by atoms with E-state index in [2.05, 4.69) is 9.71 Å². The Morgan fingerprint density at radius 2 is 1.61 bits per heavy atom. The Balaban J connectivity index is 0.00000253. The molecule has 0 saturated carbocycles. The molecular formula is C26H26FN3Na2O5S. The smallest absolute Gasteiger partial charge is 0.333 e. The Bertz CT molecular complexity index is 1730. The number of aromatic nitrogens is 2. The number of anilines is 1. The number of methoxy groups -OCH3 is 1. The van der Waals surface area contributed by atoms with Crippen LogP contribution in [-0.2, 0) is 15.4 Å². The number of sulfonamides is 1. The van der Waals surface area contributed by atoms with E-state index >= 15 is 4.39 Å². The number of ether oxygens (including phenoxy) is 1. The van der Waals surface area contributed by atoms with Crippen LogP contribution in [0.1, 0.15) is 26.3 Å². The fraction of sp³-hybridized carbons (Fsp3) is 0.231. The van der Waals surface area contributed by atoms with E-state index in [-0.39, 0.29) is 70.4 Å². The largest absolute Gasteiger partial charge is 0.496 e. The average molecular weight is 558 g/mol. The van der Waals surface area contributed by atoms with Crippen molar-refractivity contribution in [1.82, 2.24) is 9.55 Å². The van der Waals surface area contributed by atoms with Gasteiger partial charge in [-0.2, -0.15) is 0 Å². The summed E-state index contributed by atoms with van der Waals surface area (Å²) in [6.45, 7) is 5.84. The predicted octanol–water partition coefficient (Wildman–Crippen LogP) is 3.40. The normalized spacial score (nSPS) is 11.4. The first kappa shape index (κ1) is 32.3. The Labute approximate surface area is 264 Å². The van der Waals surface area contributed by atoms with Crippen LogP contribution in [0.15, 0.2) is 64.3 Å². The molecule has 0 atom stereocenters. The predicted molar refractivity (Wildman–Crippen MR) is 151 cm³/mol. The molecule has 2 N–H and O–H groups in total. The van der Waals surface area contributed by atoms with E-state index in [9.17, 15) is 18.0 Å². The second kappa shape index (κ2) is 12.1. The summed E-state index contributed by atoms with van der Waals surface area (Å²) in [4.78, 5) is 26.3. The molecule has 0 saturated heterocycles. The molecule has 190 valence electrons. The number of aromatic amines is 1. The first-order chi connectivity index (χ1) is 16.8. The molecule has 0 spiro atoms. The minimum absolute atomic E-state index is 0. The van der Waals surface area contributed by atoms with Crippen molar-refractivity contribution < 1.29 is 17.5 Å². The number of nitrogens with one attached hydrogen (secondary N) is 2. The Hall–Kier alpha value is -1.92. The van der Waals surface area contributed by atoms with E-state index in [0.717, 1.165) is 27.7 Å². The van der Waals surface area contributed by atoms with Crippen molar-refractivity contribution in [3.05, 3.63) is 86.9 Å². The molecule has 0 amide bonds. The van der Waals surface area contributed by atoms with Crippen molar-refractivity contribution in [2.75, 3.05) is 18.1 Å². The molecule has 0 aliphatic carbocycles. The summed E-state index contributed by atoms with van der Waals surface area (Å²) in [5.74, 6) is -0.361. The molecule has 0 aliphatic rings. The van der Waals surface area contributed by atoms with Crippen molar-refractivity contribution in [2.45, 2.75) is 26.2 Å². The second-order valence-corrected chi connectivity index (χ2v) is 11.3. The molecule has 1 heterocycles. The number of fused-ring (bicyclic) bond motifs is 1. The van der Waals surface area contributed by atoms with Crippen LogP contribution in [-0.4, -0.2) is 90.4 Å². The van der Waals surface area contributed by atoms with Gasteiger partial charge in [0.25, 0.3) is 5.56 Å². The van der Waals surface area contributed by atoms with Crippen molar-refractivity contribution >= 4 is 85.6 Å². The van der Waals surface area contributed by atoms with Crippen LogP contribution in [0.3, 0.4) is 0 Å². The zero-order valence-corrected chi connectivity index (χ0v) is 27.3. The van der Waals surface area contributed by atoms with E-state index in [0.29, 0.717) is 22.6 Å². The van der Waals surface area contributed by atoms with E-state index in [1.807, 2.05) is 20.8 Å². The summed E-state index contributed by atoms with van der Waals surface area (Å²) < 4.78 is 48.5. The third-order valence-corrected chi connectivity index (χ3v) is 6.33. The molecule has 1 aromatic heterocycles. The van der Waals surface area contributed by atoms with Gasteiger partial charge in [0.2, 0.25) is 10.0 Å². The summed E-state index contributed by atoms with van der Waals surface area (Å²) in [6.07, 6.45) is 2.31. The van der Waals surface area contributed by atoms with Gasteiger partial charge in [0.1, 0.15) is 5.75 Å². The summed E-state index contributed by atoms with van der Waals surface area (Å²) in [5.41, 5.74) is -0.0912. The monoisotopic (exact) mass is 557 g/mol. The number of rotatable bonds is 5. The van der Waals surface area contributed by atoms with Crippen LogP contribution in [0, 0.1) is 5.82 Å². The molecule has 3 aromatic carbocycles. The SMILES string of the molecule is COc1c(C(C)(C)C)cc(-n2ccc(=O)[nH]c2=O)c(F)c1-c1ccc2cc(NS(C)(=O)=O)ccc2c1.[Na].[Na]. The van der Waals surface area contributed by atoms with Gasteiger partial charge in [-0.25, -0.2) is 17.6 Å². The quantitative estimate of drug-likeness (QED) is 0.366. The third kappa shape index (κ3) is 6.80. The maximum atomic E-state index is 16.2. The van der Waals surface area contributed by atoms with Crippen molar-refractivity contribution in [1.29, 1.82) is 0 Å². The molecule has 0 unspecified atom stereocenters. The van der Waals surface area contributed by atoms with E-state index in [1.165, 1.54) is 13.3 Å². The average Bonchev–Trinajstić information content (AvgIpc) is 2.77. The molecule has 4 rings (SSSR count). The van der Waals surface area contributed by atoms with Crippen LogP contribution in [0.25, 0.3) is 27.6 Å². The summed E-state index contributed by atoms with van der Waals surface area (Å²) in [7, 11) is -1.97. The molecule has 4 aromatic rings. The van der Waals surface area contributed by atoms with Gasteiger partial charge in [-0.15, -0.1) is 0 Å². The molecule has 2 radical (unpaired) electrons. The van der Waals surface area contributed by atoms with Gasteiger partial charge >= 0.3 is 5.69 Å². The Kier molecular flexibility index (Phi) is 10.3. The maximum absolute atomic E-state index is 16.2. The Morgan fingerprint density at radius 3 is 2.18 bits per heavy atom. The molecule has 38 heavy (non-hydrogen) atoms. The van der Waals surface area contributed by atoms with Crippen molar-refractivity contribution in [2.24, 2.45) is 0 Å². The first-order valence-electron chi connectivity index (χ1n) is 11.0. The van der Waals surface area contributed by atoms with E-state index < -0.39 is 32.5 Å². The van der Waals surface area contributed by atoms with E-state index in [1.54, 1.807) is 42.5 Å². The molecule has 0 aliphatic heterocycles. The molecular weight excluding hydrogens is 531 g/mol. The second-order valence-electron chi connectivity index (χ2n) is 9.55. The molecule has 8 nitrogen and oxygen atoms in total. The summed E-state index contributed by atoms with van der Waals surface area (Å²) in [5, 5.41) is 1.49. The number of halogens is 1. The van der Waals surface area contributed by atoms with E-state index in [4.69, 9.17) is 4.74 Å². The van der Waals surface area contributed by atoms with Gasteiger partial charge < -0.3 is 4.74 Å². The number of hydrogen-bond donors (Lipinski definition) is 2. The van der Waals surface area contributed by atoms with Gasteiger partial charge in [0.05, 0.1) is 24.6 Å². The molecule has 0 fully saturated rings.